The topological polar surface area (TPSA) is 69.6 Å². The van der Waals surface area contributed by atoms with Gasteiger partial charge < -0.3 is 15.3 Å². The van der Waals surface area contributed by atoms with Gasteiger partial charge in [-0.15, -0.1) is 0 Å². The molecule has 0 spiro atoms. The van der Waals surface area contributed by atoms with Crippen molar-refractivity contribution in [2.45, 2.75) is 71.4 Å². The summed E-state index contributed by atoms with van der Waals surface area (Å²) in [5.41, 5.74) is -0.375. The van der Waals surface area contributed by atoms with Gasteiger partial charge in [0.05, 0.1) is 6.42 Å². The van der Waals surface area contributed by atoms with Crippen molar-refractivity contribution >= 4 is 12.0 Å². The van der Waals surface area contributed by atoms with Crippen molar-refractivity contribution in [3.8, 4) is 0 Å². The van der Waals surface area contributed by atoms with E-state index in [1.165, 1.54) is 6.42 Å². The quantitative estimate of drug-likeness (QED) is 0.834. The van der Waals surface area contributed by atoms with Gasteiger partial charge in [0.2, 0.25) is 0 Å². The van der Waals surface area contributed by atoms with Gasteiger partial charge in [0.1, 0.15) is 0 Å². The molecular formula is C15H28N2O3. The van der Waals surface area contributed by atoms with Crippen molar-refractivity contribution in [3.05, 3.63) is 0 Å². The zero-order valence-electron chi connectivity index (χ0n) is 13.1. The van der Waals surface area contributed by atoms with Crippen LogP contribution in [-0.4, -0.2) is 40.1 Å². The van der Waals surface area contributed by atoms with Gasteiger partial charge in [-0.1, -0.05) is 19.8 Å². The van der Waals surface area contributed by atoms with Crippen molar-refractivity contribution in [1.29, 1.82) is 0 Å². The molecule has 2 N–H and O–H groups in total. The lowest BCUT2D eigenvalue weighted by Crippen LogP contribution is -2.53. The smallest absolute Gasteiger partial charge is 0.318 e. The predicted molar refractivity (Wildman–Crippen MR) is 78.7 cm³/mol. The largest absolute Gasteiger partial charge is 0.481 e. The van der Waals surface area contributed by atoms with Crippen LogP contribution in [0.3, 0.4) is 0 Å². The van der Waals surface area contributed by atoms with Gasteiger partial charge in [0, 0.05) is 18.1 Å². The summed E-state index contributed by atoms with van der Waals surface area (Å²) >= 11 is 0. The molecule has 1 fully saturated rings. The van der Waals surface area contributed by atoms with E-state index in [-0.39, 0.29) is 30.6 Å². The van der Waals surface area contributed by atoms with E-state index in [1.807, 2.05) is 20.8 Å². The number of carbonyl (C=O) groups excluding carboxylic acids is 1. The first-order valence-electron chi connectivity index (χ1n) is 7.50. The minimum Gasteiger partial charge on any atom is -0.481 e. The maximum absolute atomic E-state index is 12.4. The second kappa shape index (κ2) is 6.95. The van der Waals surface area contributed by atoms with Crippen LogP contribution < -0.4 is 5.32 Å². The summed E-state index contributed by atoms with van der Waals surface area (Å²) in [6.45, 7) is 8.24. The lowest BCUT2D eigenvalue weighted by Gasteiger charge is -2.37. The average Bonchev–Trinajstić information content (AvgIpc) is 2.26. The lowest BCUT2D eigenvalue weighted by atomic mass is 9.87. The van der Waals surface area contributed by atoms with Gasteiger partial charge >= 0.3 is 12.0 Å². The molecule has 5 nitrogen and oxygen atoms in total. The van der Waals surface area contributed by atoms with Crippen molar-refractivity contribution < 1.29 is 14.7 Å². The van der Waals surface area contributed by atoms with E-state index in [4.69, 9.17) is 5.11 Å². The molecule has 2 atom stereocenters. The van der Waals surface area contributed by atoms with E-state index >= 15 is 0 Å². The number of amides is 2. The number of nitrogens with one attached hydrogen (secondary N) is 1. The van der Waals surface area contributed by atoms with Crippen LogP contribution in [0, 0.1) is 5.92 Å². The van der Waals surface area contributed by atoms with Crippen LogP contribution in [0.5, 0.6) is 0 Å². The van der Waals surface area contributed by atoms with Gasteiger partial charge in [0.25, 0.3) is 0 Å². The van der Waals surface area contributed by atoms with E-state index in [0.717, 1.165) is 19.3 Å². The van der Waals surface area contributed by atoms with Crippen molar-refractivity contribution in [3.63, 3.8) is 0 Å². The standard InChI is InChI=1S/C15H28N2O3/c1-11-6-5-7-12(10-11)16-14(20)17(15(2,3)4)9-8-13(18)19/h11-12H,5-10H2,1-4H3,(H,16,20)(H,18,19). The van der Waals surface area contributed by atoms with Crippen LogP contribution in [0.15, 0.2) is 0 Å². The van der Waals surface area contributed by atoms with Crippen LogP contribution in [-0.2, 0) is 4.79 Å². The third-order valence-corrected chi connectivity index (χ3v) is 3.87. The van der Waals surface area contributed by atoms with Gasteiger partial charge in [-0.3, -0.25) is 4.79 Å². The number of hydrogen-bond donors (Lipinski definition) is 2. The first kappa shape index (κ1) is 16.8. The summed E-state index contributed by atoms with van der Waals surface area (Å²) in [6.07, 6.45) is 4.40. The molecule has 1 aliphatic rings. The molecule has 2 unspecified atom stereocenters. The van der Waals surface area contributed by atoms with Crippen molar-refractivity contribution in [2.24, 2.45) is 5.92 Å². The number of carbonyl (C=O) groups is 2. The highest BCUT2D eigenvalue weighted by Crippen LogP contribution is 2.24. The van der Waals surface area contributed by atoms with Crippen LogP contribution >= 0.6 is 0 Å². The van der Waals surface area contributed by atoms with E-state index in [9.17, 15) is 9.59 Å². The summed E-state index contributed by atoms with van der Waals surface area (Å²) in [5.74, 6) is -0.227. The molecule has 20 heavy (non-hydrogen) atoms. The van der Waals surface area contributed by atoms with E-state index in [1.54, 1.807) is 4.90 Å². The third-order valence-electron chi connectivity index (χ3n) is 3.87. The molecule has 5 heteroatoms. The molecule has 2 amide bonds. The molecular weight excluding hydrogens is 256 g/mol. The number of nitrogens with zero attached hydrogens (tertiary/aromatic N) is 1. The summed E-state index contributed by atoms with van der Waals surface area (Å²) in [7, 11) is 0. The Hall–Kier alpha value is -1.26. The number of carboxylic acid groups (broad SMARTS) is 1. The summed E-state index contributed by atoms with van der Waals surface area (Å²) in [5, 5.41) is 11.9. The maximum Gasteiger partial charge on any atom is 0.318 e. The molecule has 0 heterocycles. The highest BCUT2D eigenvalue weighted by atomic mass is 16.4. The van der Waals surface area contributed by atoms with E-state index < -0.39 is 5.97 Å². The van der Waals surface area contributed by atoms with E-state index in [2.05, 4.69) is 12.2 Å². The molecule has 1 saturated carbocycles. The molecule has 116 valence electrons. The molecule has 1 aliphatic carbocycles. The number of rotatable bonds is 4. The molecule has 0 aliphatic heterocycles. The molecule has 1 rings (SSSR count). The first-order valence-corrected chi connectivity index (χ1v) is 7.50. The van der Waals surface area contributed by atoms with Crippen LogP contribution in [0.2, 0.25) is 0 Å². The Morgan fingerprint density at radius 2 is 1.95 bits per heavy atom. The summed E-state index contributed by atoms with van der Waals surface area (Å²) in [6, 6.07) is 0.0822. The maximum atomic E-state index is 12.4. The Morgan fingerprint density at radius 3 is 2.45 bits per heavy atom. The Morgan fingerprint density at radius 1 is 1.30 bits per heavy atom. The monoisotopic (exact) mass is 284 g/mol. The van der Waals surface area contributed by atoms with Crippen molar-refractivity contribution in [2.75, 3.05) is 6.54 Å². The zero-order chi connectivity index (χ0) is 15.3. The Balaban J connectivity index is 2.60. The average molecular weight is 284 g/mol. The normalized spacial score (nSPS) is 23.2. The summed E-state index contributed by atoms with van der Waals surface area (Å²) < 4.78 is 0. The molecule has 0 aromatic rings. The fraction of sp³-hybridized carbons (Fsp3) is 0.867. The second-order valence-corrected chi connectivity index (χ2v) is 6.88. The molecule has 0 saturated heterocycles. The summed E-state index contributed by atoms with van der Waals surface area (Å²) in [4.78, 5) is 24.8. The van der Waals surface area contributed by atoms with Gasteiger partial charge in [0.15, 0.2) is 0 Å². The SMILES string of the molecule is CC1CCCC(NC(=O)N(CCC(=O)O)C(C)(C)C)C1. The van der Waals surface area contributed by atoms with Crippen LogP contribution in [0.4, 0.5) is 4.79 Å². The highest BCUT2D eigenvalue weighted by Gasteiger charge is 2.29. The molecule has 0 bridgehead atoms. The van der Waals surface area contributed by atoms with Crippen molar-refractivity contribution in [1.82, 2.24) is 10.2 Å². The Labute approximate surface area is 121 Å². The number of carboxylic acids is 1. The minimum absolute atomic E-state index is 0.0221. The van der Waals surface area contributed by atoms with Gasteiger partial charge in [-0.25, -0.2) is 4.79 Å². The van der Waals surface area contributed by atoms with Crippen LogP contribution in [0.25, 0.3) is 0 Å². The molecule has 0 aromatic heterocycles. The Bertz CT molecular complexity index is 350. The number of urea groups is 1. The minimum atomic E-state index is -0.877. The zero-order valence-corrected chi connectivity index (χ0v) is 13.1. The van der Waals surface area contributed by atoms with Gasteiger partial charge in [-0.2, -0.15) is 0 Å². The fourth-order valence-corrected chi connectivity index (χ4v) is 2.77. The van der Waals surface area contributed by atoms with Crippen LogP contribution in [0.1, 0.15) is 59.8 Å². The van der Waals surface area contributed by atoms with Gasteiger partial charge in [-0.05, 0) is 39.5 Å². The highest BCUT2D eigenvalue weighted by molar-refractivity contribution is 5.76. The first-order chi connectivity index (χ1) is 9.20. The fourth-order valence-electron chi connectivity index (χ4n) is 2.77. The lowest BCUT2D eigenvalue weighted by molar-refractivity contribution is -0.137. The molecule has 0 aromatic carbocycles. The predicted octanol–water partition coefficient (Wildman–Crippen LogP) is 2.85. The number of aliphatic carboxylic acids is 1. The molecule has 0 radical (unpaired) electrons. The Kier molecular flexibility index (Phi) is 5.84. The number of hydrogen-bond acceptors (Lipinski definition) is 2. The second-order valence-electron chi connectivity index (χ2n) is 6.88. The third kappa shape index (κ3) is 5.39. The van der Waals surface area contributed by atoms with E-state index in [0.29, 0.717) is 5.92 Å².